The summed E-state index contributed by atoms with van der Waals surface area (Å²) in [4.78, 5) is 25.4. The number of ether oxygens (including phenoxy) is 2. The molecular weight excluding hydrogens is 368 g/mol. The summed E-state index contributed by atoms with van der Waals surface area (Å²) in [6, 6.07) is 0. The molecule has 2 N–H and O–H groups in total. The Kier molecular flexibility index (Phi) is 8.14. The summed E-state index contributed by atoms with van der Waals surface area (Å²) in [7, 11) is 0. The molecule has 2 rings (SSSR count). The summed E-state index contributed by atoms with van der Waals surface area (Å²) >= 11 is 0. The number of carbonyl (C=O) groups is 2. The fourth-order valence-electron chi connectivity index (χ4n) is 4.44. The van der Waals surface area contributed by atoms with Crippen molar-refractivity contribution in [1.29, 1.82) is 0 Å². The lowest BCUT2D eigenvalue weighted by atomic mass is 9.82. The van der Waals surface area contributed by atoms with Gasteiger partial charge in [-0.05, 0) is 99.8 Å². The Balaban J connectivity index is 1.84. The molecule has 6 nitrogen and oxygen atoms in total. The molecule has 0 bridgehead atoms. The van der Waals surface area contributed by atoms with Crippen LogP contribution >= 0.6 is 0 Å². The predicted molar refractivity (Wildman–Crippen MR) is 115 cm³/mol. The maximum absolute atomic E-state index is 12.9. The number of piperidine rings is 2. The highest BCUT2D eigenvalue weighted by Crippen LogP contribution is 2.34. The second-order valence-corrected chi connectivity index (χ2v) is 10.5. The molecule has 0 aliphatic carbocycles. The third-order valence-electron chi connectivity index (χ3n) is 6.88. The van der Waals surface area contributed by atoms with Gasteiger partial charge in [0.2, 0.25) is 0 Å². The summed E-state index contributed by atoms with van der Waals surface area (Å²) in [5.74, 6) is 0.272. The van der Waals surface area contributed by atoms with Gasteiger partial charge in [0.15, 0.2) is 0 Å². The molecule has 0 unspecified atom stereocenters. The van der Waals surface area contributed by atoms with Crippen molar-refractivity contribution >= 4 is 11.9 Å². The zero-order valence-corrected chi connectivity index (χ0v) is 19.4. The molecule has 0 atom stereocenters. The summed E-state index contributed by atoms with van der Waals surface area (Å²) < 4.78 is 11.8. The van der Waals surface area contributed by atoms with Crippen LogP contribution in [0, 0.1) is 17.3 Å². The van der Waals surface area contributed by atoms with Crippen LogP contribution in [0.2, 0.25) is 0 Å². The van der Waals surface area contributed by atoms with Crippen molar-refractivity contribution in [2.75, 3.05) is 26.2 Å². The van der Waals surface area contributed by atoms with E-state index in [0.717, 1.165) is 51.9 Å². The molecule has 0 radical (unpaired) electrons. The highest BCUT2D eigenvalue weighted by Gasteiger charge is 2.40. The Hall–Kier alpha value is -1.14. The van der Waals surface area contributed by atoms with Crippen LogP contribution < -0.4 is 10.6 Å². The number of carbonyl (C=O) groups excluding carboxylic acids is 2. The molecule has 168 valence electrons. The second kappa shape index (κ2) is 9.78. The summed E-state index contributed by atoms with van der Waals surface area (Å²) in [6.07, 6.45) is 4.71. The van der Waals surface area contributed by atoms with E-state index in [2.05, 4.69) is 10.6 Å². The largest absolute Gasteiger partial charge is 0.459 e. The summed E-state index contributed by atoms with van der Waals surface area (Å²) in [6.45, 7) is 15.6. The van der Waals surface area contributed by atoms with Crippen molar-refractivity contribution in [2.24, 2.45) is 17.3 Å². The molecule has 29 heavy (non-hydrogen) atoms. The topological polar surface area (TPSA) is 76.7 Å². The van der Waals surface area contributed by atoms with E-state index in [9.17, 15) is 9.59 Å². The van der Waals surface area contributed by atoms with Gasteiger partial charge in [-0.3, -0.25) is 9.59 Å². The van der Waals surface area contributed by atoms with E-state index in [0.29, 0.717) is 18.3 Å². The second-order valence-electron chi connectivity index (χ2n) is 10.5. The minimum absolute atomic E-state index is 0.226. The molecule has 2 saturated heterocycles. The van der Waals surface area contributed by atoms with Gasteiger partial charge in [0.05, 0.1) is 5.41 Å². The lowest BCUT2D eigenvalue weighted by molar-refractivity contribution is -0.175. The van der Waals surface area contributed by atoms with Gasteiger partial charge in [-0.2, -0.15) is 0 Å². The molecule has 0 amide bonds. The van der Waals surface area contributed by atoms with Crippen LogP contribution in [0.5, 0.6) is 0 Å². The molecule has 2 heterocycles. The van der Waals surface area contributed by atoms with Crippen molar-refractivity contribution in [1.82, 2.24) is 10.6 Å². The summed E-state index contributed by atoms with van der Waals surface area (Å²) in [5.41, 5.74) is -1.68. The third-order valence-corrected chi connectivity index (χ3v) is 6.88. The van der Waals surface area contributed by atoms with E-state index in [4.69, 9.17) is 9.47 Å². The van der Waals surface area contributed by atoms with Crippen LogP contribution in [0.15, 0.2) is 0 Å². The van der Waals surface area contributed by atoms with Crippen molar-refractivity contribution in [3.05, 3.63) is 0 Å². The minimum atomic E-state index is -0.720. The zero-order chi connectivity index (χ0) is 21.7. The Morgan fingerprint density at radius 3 is 1.62 bits per heavy atom. The molecule has 0 aromatic rings. The average Bonchev–Trinajstić information content (AvgIpc) is 2.67. The van der Waals surface area contributed by atoms with E-state index in [1.807, 2.05) is 41.5 Å². The number of esters is 2. The highest BCUT2D eigenvalue weighted by molar-refractivity contribution is 5.78. The molecule has 2 aliphatic rings. The number of hydrogen-bond acceptors (Lipinski definition) is 6. The van der Waals surface area contributed by atoms with E-state index < -0.39 is 16.6 Å². The van der Waals surface area contributed by atoms with E-state index >= 15 is 0 Å². The van der Waals surface area contributed by atoms with Crippen LogP contribution in [0.1, 0.15) is 80.1 Å². The molecule has 0 aromatic heterocycles. The number of nitrogens with one attached hydrogen (secondary N) is 2. The lowest BCUT2D eigenvalue weighted by Gasteiger charge is -2.39. The van der Waals surface area contributed by atoms with Crippen molar-refractivity contribution < 1.29 is 19.1 Å². The van der Waals surface area contributed by atoms with Crippen LogP contribution in [-0.2, 0) is 19.1 Å². The fourth-order valence-corrected chi connectivity index (χ4v) is 4.44. The van der Waals surface area contributed by atoms with Crippen molar-refractivity contribution in [3.8, 4) is 0 Å². The van der Waals surface area contributed by atoms with Crippen molar-refractivity contribution in [3.63, 3.8) is 0 Å². The number of hydrogen-bond donors (Lipinski definition) is 2. The van der Waals surface area contributed by atoms with Gasteiger partial charge in [0.1, 0.15) is 11.2 Å². The number of rotatable bonds is 8. The third kappa shape index (κ3) is 6.95. The predicted octanol–water partition coefficient (Wildman–Crippen LogP) is 3.44. The Morgan fingerprint density at radius 2 is 1.17 bits per heavy atom. The van der Waals surface area contributed by atoms with Gasteiger partial charge >= 0.3 is 11.9 Å². The fraction of sp³-hybridized carbons (Fsp3) is 0.913. The van der Waals surface area contributed by atoms with Crippen molar-refractivity contribution in [2.45, 2.75) is 91.3 Å². The van der Waals surface area contributed by atoms with Crippen LogP contribution in [0.4, 0.5) is 0 Å². The Morgan fingerprint density at radius 1 is 0.759 bits per heavy atom. The SMILES string of the molecule is CC(C)(CCC(=O)OC(C)(C)C1CCNCC1)C(=O)OC(C)(C)C1CCNCC1. The quantitative estimate of drug-likeness (QED) is 0.597. The standard InChI is InChI=1S/C23H42N2O4/c1-21(2,20(27)29-23(5,6)18-10-15-25-16-11-18)12-7-19(26)28-22(3,4)17-8-13-24-14-9-17/h17-18,24-25H,7-16H2,1-6H3. The van der Waals surface area contributed by atoms with Gasteiger partial charge in [-0.15, -0.1) is 0 Å². The van der Waals surface area contributed by atoms with E-state index in [1.54, 1.807) is 0 Å². The van der Waals surface area contributed by atoms with Gasteiger partial charge in [0.25, 0.3) is 0 Å². The molecule has 2 aliphatic heterocycles. The first kappa shape index (κ1) is 24.1. The van der Waals surface area contributed by atoms with Crippen LogP contribution in [0.3, 0.4) is 0 Å². The van der Waals surface area contributed by atoms with Gasteiger partial charge in [-0.1, -0.05) is 0 Å². The molecule has 0 spiro atoms. The first-order valence-corrected chi connectivity index (χ1v) is 11.3. The average molecular weight is 411 g/mol. The normalized spacial score (nSPS) is 20.3. The Bertz CT molecular complexity index is 559. The monoisotopic (exact) mass is 410 g/mol. The maximum Gasteiger partial charge on any atom is 0.312 e. The molecule has 0 aromatic carbocycles. The smallest absolute Gasteiger partial charge is 0.312 e. The molecule has 2 fully saturated rings. The Labute approximate surface area is 176 Å². The summed E-state index contributed by atoms with van der Waals surface area (Å²) in [5, 5.41) is 6.69. The zero-order valence-electron chi connectivity index (χ0n) is 19.4. The van der Waals surface area contributed by atoms with Gasteiger partial charge in [0, 0.05) is 18.3 Å². The molecular formula is C23H42N2O4. The lowest BCUT2D eigenvalue weighted by Crippen LogP contribution is -2.45. The van der Waals surface area contributed by atoms with E-state index in [-0.39, 0.29) is 18.4 Å². The first-order valence-electron chi connectivity index (χ1n) is 11.3. The van der Waals surface area contributed by atoms with Gasteiger partial charge < -0.3 is 20.1 Å². The van der Waals surface area contributed by atoms with Gasteiger partial charge in [-0.25, -0.2) is 0 Å². The van der Waals surface area contributed by atoms with Crippen LogP contribution in [-0.4, -0.2) is 49.3 Å². The molecule has 0 saturated carbocycles. The first-order chi connectivity index (χ1) is 13.4. The van der Waals surface area contributed by atoms with E-state index in [1.165, 1.54) is 0 Å². The highest BCUT2D eigenvalue weighted by atomic mass is 16.6. The maximum atomic E-state index is 12.9. The molecule has 6 heteroatoms. The van der Waals surface area contributed by atoms with Crippen LogP contribution in [0.25, 0.3) is 0 Å². The minimum Gasteiger partial charge on any atom is -0.459 e.